The van der Waals surface area contributed by atoms with Gasteiger partial charge >= 0.3 is 0 Å². The highest BCUT2D eigenvalue weighted by molar-refractivity contribution is 9.10. The first-order chi connectivity index (χ1) is 8.16. The lowest BCUT2D eigenvalue weighted by Gasteiger charge is -2.12. The fraction of sp³-hybridized carbons (Fsp3) is 0.214. The number of pyridine rings is 1. The summed E-state index contributed by atoms with van der Waals surface area (Å²) in [5.41, 5.74) is 3.56. The lowest BCUT2D eigenvalue weighted by Crippen LogP contribution is -1.97. The van der Waals surface area contributed by atoms with Crippen molar-refractivity contribution in [1.29, 1.82) is 0 Å². The van der Waals surface area contributed by atoms with Crippen LogP contribution in [0.5, 0.6) is 0 Å². The molecule has 1 nitrogen and oxygen atoms in total. The molecule has 2 rings (SSSR count). The molecule has 1 heterocycles. The molecule has 0 spiro atoms. The van der Waals surface area contributed by atoms with Crippen LogP contribution in [0.15, 0.2) is 47.2 Å². The Bertz CT molecular complexity index is 499. The molecule has 1 aromatic heterocycles. The van der Waals surface area contributed by atoms with Crippen molar-refractivity contribution in [3.05, 3.63) is 63.9 Å². The van der Waals surface area contributed by atoms with E-state index in [0.717, 1.165) is 16.5 Å². The summed E-state index contributed by atoms with van der Waals surface area (Å²) in [6.07, 6.45) is 4.40. The van der Waals surface area contributed by atoms with Crippen LogP contribution in [0.1, 0.15) is 22.1 Å². The smallest absolute Gasteiger partial charge is 0.0636 e. The van der Waals surface area contributed by atoms with E-state index in [1.165, 1.54) is 11.1 Å². The zero-order valence-corrected chi connectivity index (χ0v) is 11.9. The predicted octanol–water partition coefficient (Wildman–Crippen LogP) is 4.68. The summed E-state index contributed by atoms with van der Waals surface area (Å²) in [5, 5.41) is -0.0209. The molecule has 1 atom stereocenters. The van der Waals surface area contributed by atoms with Crippen LogP contribution in [-0.2, 0) is 6.42 Å². The Morgan fingerprint density at radius 1 is 1.24 bits per heavy atom. The van der Waals surface area contributed by atoms with Crippen LogP contribution in [0.2, 0.25) is 0 Å². The first-order valence-electron chi connectivity index (χ1n) is 5.46. The number of benzene rings is 1. The van der Waals surface area contributed by atoms with Crippen molar-refractivity contribution in [2.24, 2.45) is 0 Å². The Labute approximate surface area is 115 Å². The van der Waals surface area contributed by atoms with Gasteiger partial charge < -0.3 is 0 Å². The van der Waals surface area contributed by atoms with E-state index in [4.69, 9.17) is 11.6 Å². The molecule has 0 amide bonds. The van der Waals surface area contributed by atoms with Crippen molar-refractivity contribution in [3.8, 4) is 0 Å². The van der Waals surface area contributed by atoms with Crippen LogP contribution < -0.4 is 0 Å². The third kappa shape index (κ3) is 3.30. The van der Waals surface area contributed by atoms with Crippen molar-refractivity contribution in [2.45, 2.75) is 18.7 Å². The van der Waals surface area contributed by atoms with E-state index in [1.54, 1.807) is 12.4 Å². The van der Waals surface area contributed by atoms with E-state index in [1.807, 2.05) is 12.1 Å². The van der Waals surface area contributed by atoms with Gasteiger partial charge in [0.2, 0.25) is 0 Å². The van der Waals surface area contributed by atoms with Gasteiger partial charge in [0, 0.05) is 16.9 Å². The molecule has 0 aliphatic rings. The summed E-state index contributed by atoms with van der Waals surface area (Å²) in [4.78, 5) is 4.00. The SMILES string of the molecule is Cc1ccc(C(Cl)Cc2ccncc2)c(Br)c1. The fourth-order valence-corrected chi connectivity index (χ4v) is 2.99. The van der Waals surface area contributed by atoms with Gasteiger partial charge in [-0.2, -0.15) is 0 Å². The lowest BCUT2D eigenvalue weighted by atomic mass is 10.0. The van der Waals surface area contributed by atoms with Crippen LogP contribution in [-0.4, -0.2) is 4.98 Å². The van der Waals surface area contributed by atoms with E-state index in [9.17, 15) is 0 Å². The number of hydrogen-bond donors (Lipinski definition) is 0. The molecule has 0 aliphatic carbocycles. The van der Waals surface area contributed by atoms with E-state index < -0.39 is 0 Å². The number of hydrogen-bond acceptors (Lipinski definition) is 1. The molecule has 0 saturated carbocycles. The van der Waals surface area contributed by atoms with Crippen LogP contribution in [0, 0.1) is 6.92 Å². The van der Waals surface area contributed by atoms with Crippen molar-refractivity contribution >= 4 is 27.5 Å². The third-order valence-corrected chi connectivity index (χ3v) is 3.73. The molecule has 0 radical (unpaired) electrons. The highest BCUT2D eigenvalue weighted by atomic mass is 79.9. The number of nitrogens with zero attached hydrogens (tertiary/aromatic N) is 1. The molecule has 88 valence electrons. The van der Waals surface area contributed by atoms with E-state index in [-0.39, 0.29) is 5.38 Å². The molecule has 1 aromatic carbocycles. The molecule has 1 unspecified atom stereocenters. The molecular weight excluding hydrogens is 298 g/mol. The van der Waals surface area contributed by atoms with Gasteiger partial charge in [0.25, 0.3) is 0 Å². The maximum absolute atomic E-state index is 6.45. The van der Waals surface area contributed by atoms with Gasteiger partial charge in [-0.3, -0.25) is 4.98 Å². The Kier molecular flexibility index (Phi) is 4.19. The molecule has 0 N–H and O–H groups in total. The average molecular weight is 311 g/mol. The van der Waals surface area contributed by atoms with Crippen LogP contribution in [0.4, 0.5) is 0 Å². The minimum atomic E-state index is -0.0209. The highest BCUT2D eigenvalue weighted by Gasteiger charge is 2.12. The zero-order chi connectivity index (χ0) is 12.3. The number of alkyl halides is 1. The van der Waals surface area contributed by atoms with Crippen LogP contribution in [0.3, 0.4) is 0 Å². The second-order valence-corrected chi connectivity index (χ2v) is 5.43. The van der Waals surface area contributed by atoms with Gasteiger partial charge in [-0.15, -0.1) is 11.6 Å². The minimum absolute atomic E-state index is 0.0209. The van der Waals surface area contributed by atoms with Gasteiger partial charge in [0.1, 0.15) is 0 Å². The van der Waals surface area contributed by atoms with Gasteiger partial charge in [0.05, 0.1) is 5.38 Å². The molecule has 2 aromatic rings. The second kappa shape index (κ2) is 5.65. The maximum atomic E-state index is 6.45. The average Bonchev–Trinajstić information content (AvgIpc) is 2.30. The summed E-state index contributed by atoms with van der Waals surface area (Å²) in [6, 6.07) is 10.3. The third-order valence-electron chi connectivity index (χ3n) is 2.66. The number of aromatic nitrogens is 1. The Morgan fingerprint density at radius 3 is 2.59 bits per heavy atom. The van der Waals surface area contributed by atoms with Gasteiger partial charge in [0.15, 0.2) is 0 Å². The fourth-order valence-electron chi connectivity index (χ4n) is 1.72. The molecule has 0 bridgehead atoms. The largest absolute Gasteiger partial charge is 0.265 e. The molecule has 3 heteroatoms. The molecule has 0 saturated heterocycles. The number of rotatable bonds is 3. The summed E-state index contributed by atoms with van der Waals surface area (Å²) in [5.74, 6) is 0. The van der Waals surface area contributed by atoms with Crippen molar-refractivity contribution in [1.82, 2.24) is 4.98 Å². The van der Waals surface area contributed by atoms with Gasteiger partial charge in [-0.25, -0.2) is 0 Å². The van der Waals surface area contributed by atoms with Crippen LogP contribution >= 0.6 is 27.5 Å². The van der Waals surface area contributed by atoms with Crippen LogP contribution in [0.25, 0.3) is 0 Å². The van der Waals surface area contributed by atoms with Crippen molar-refractivity contribution in [2.75, 3.05) is 0 Å². The normalized spacial score (nSPS) is 12.4. The molecule has 0 aliphatic heterocycles. The molecule has 0 fully saturated rings. The zero-order valence-electron chi connectivity index (χ0n) is 9.53. The summed E-state index contributed by atoms with van der Waals surface area (Å²) in [7, 11) is 0. The minimum Gasteiger partial charge on any atom is -0.265 e. The Balaban J connectivity index is 2.17. The second-order valence-electron chi connectivity index (χ2n) is 4.05. The van der Waals surface area contributed by atoms with Crippen molar-refractivity contribution in [3.63, 3.8) is 0 Å². The topological polar surface area (TPSA) is 12.9 Å². The van der Waals surface area contributed by atoms with E-state index in [0.29, 0.717) is 0 Å². The molecule has 17 heavy (non-hydrogen) atoms. The Morgan fingerprint density at radius 2 is 1.94 bits per heavy atom. The molecular formula is C14H13BrClN. The number of halogens is 2. The monoisotopic (exact) mass is 309 g/mol. The number of aryl methyl sites for hydroxylation is 1. The first kappa shape index (κ1) is 12.6. The van der Waals surface area contributed by atoms with E-state index >= 15 is 0 Å². The highest BCUT2D eigenvalue weighted by Crippen LogP contribution is 2.31. The summed E-state index contributed by atoms with van der Waals surface area (Å²) >= 11 is 10.0. The van der Waals surface area contributed by atoms with E-state index in [2.05, 4.69) is 46.0 Å². The standard InChI is InChI=1S/C14H13BrClN/c1-10-2-3-12(13(15)8-10)14(16)9-11-4-6-17-7-5-11/h2-8,14H,9H2,1H3. The van der Waals surface area contributed by atoms with Gasteiger partial charge in [-0.05, 0) is 48.2 Å². The predicted molar refractivity (Wildman–Crippen MR) is 75.4 cm³/mol. The Hall–Kier alpha value is -0.860. The summed E-state index contributed by atoms with van der Waals surface area (Å²) < 4.78 is 1.08. The van der Waals surface area contributed by atoms with Gasteiger partial charge in [-0.1, -0.05) is 28.1 Å². The lowest BCUT2D eigenvalue weighted by molar-refractivity contribution is 0.910. The quantitative estimate of drug-likeness (QED) is 0.750. The maximum Gasteiger partial charge on any atom is 0.0636 e. The summed E-state index contributed by atoms with van der Waals surface area (Å²) in [6.45, 7) is 2.07. The first-order valence-corrected chi connectivity index (χ1v) is 6.69. The van der Waals surface area contributed by atoms with Crippen molar-refractivity contribution < 1.29 is 0 Å².